The van der Waals surface area contributed by atoms with E-state index in [-0.39, 0.29) is 0 Å². The summed E-state index contributed by atoms with van der Waals surface area (Å²) in [5.41, 5.74) is 11.7. The summed E-state index contributed by atoms with van der Waals surface area (Å²) >= 11 is 0. The fourth-order valence-corrected chi connectivity index (χ4v) is 3.06. The van der Waals surface area contributed by atoms with Crippen molar-refractivity contribution < 1.29 is 0 Å². The molecule has 0 saturated heterocycles. The van der Waals surface area contributed by atoms with E-state index in [2.05, 4.69) is 27.2 Å². The highest BCUT2D eigenvalue weighted by molar-refractivity contribution is 5.90. The lowest BCUT2D eigenvalue weighted by Crippen LogP contribution is -2.31. The first-order valence-electron chi connectivity index (χ1n) is 7.14. The van der Waals surface area contributed by atoms with Gasteiger partial charge >= 0.3 is 0 Å². The summed E-state index contributed by atoms with van der Waals surface area (Å²) in [4.78, 5) is 2.34. The second-order valence-corrected chi connectivity index (χ2v) is 5.40. The van der Waals surface area contributed by atoms with Gasteiger partial charge in [-0.15, -0.1) is 0 Å². The first-order valence-corrected chi connectivity index (χ1v) is 7.14. The molecule has 4 heteroatoms. The van der Waals surface area contributed by atoms with Crippen LogP contribution in [0, 0.1) is 0 Å². The van der Waals surface area contributed by atoms with Gasteiger partial charge in [-0.25, -0.2) is 0 Å². The van der Waals surface area contributed by atoms with Gasteiger partial charge in [0.05, 0.1) is 17.4 Å². The molecule has 1 aliphatic rings. The Bertz CT molecular complexity index is 807. The molecule has 4 nitrogen and oxygen atoms in total. The number of nitrogens with two attached hydrogens (primary N) is 1. The number of aromatic nitrogens is 2. The smallest absolute Gasteiger partial charge is 0.0950 e. The Hall–Kier alpha value is -2.62. The number of anilines is 2. The maximum Gasteiger partial charge on any atom is 0.0950 e. The second kappa shape index (κ2) is 4.74. The standard InChI is InChI=1S/C17H16N4/c18-15-6-3-4-12-8-9-21(11-14(12)15)17-10-19-20-16-7-2-1-5-13(16)17/h1-7,10H,8-9,11,18H2. The monoisotopic (exact) mass is 276 g/mol. The molecule has 3 aromatic rings. The van der Waals surface area contributed by atoms with Crippen molar-refractivity contribution in [1.82, 2.24) is 10.2 Å². The molecule has 0 aliphatic carbocycles. The summed E-state index contributed by atoms with van der Waals surface area (Å²) in [6.07, 6.45) is 2.86. The number of fused-ring (bicyclic) bond motifs is 2. The van der Waals surface area contributed by atoms with Gasteiger partial charge in [-0.1, -0.05) is 30.3 Å². The molecular weight excluding hydrogens is 260 g/mol. The first kappa shape index (κ1) is 12.1. The van der Waals surface area contributed by atoms with Crippen LogP contribution < -0.4 is 10.6 Å². The Morgan fingerprint density at radius 3 is 2.90 bits per heavy atom. The molecule has 0 spiro atoms. The normalized spacial score (nSPS) is 14.2. The zero-order chi connectivity index (χ0) is 14.2. The van der Waals surface area contributed by atoms with Crippen LogP contribution in [0.5, 0.6) is 0 Å². The largest absolute Gasteiger partial charge is 0.398 e. The number of rotatable bonds is 1. The van der Waals surface area contributed by atoms with E-state index in [9.17, 15) is 0 Å². The lowest BCUT2D eigenvalue weighted by Gasteiger charge is -2.31. The van der Waals surface area contributed by atoms with Gasteiger partial charge in [0.2, 0.25) is 0 Å². The first-order chi connectivity index (χ1) is 10.3. The molecule has 0 fully saturated rings. The fraction of sp³-hybridized carbons (Fsp3) is 0.176. The average Bonchev–Trinajstić information content (AvgIpc) is 2.54. The van der Waals surface area contributed by atoms with Crippen molar-refractivity contribution in [1.29, 1.82) is 0 Å². The van der Waals surface area contributed by atoms with Crippen LogP contribution in [0.1, 0.15) is 11.1 Å². The minimum atomic E-state index is 0.831. The van der Waals surface area contributed by atoms with E-state index in [1.807, 2.05) is 36.5 Å². The molecule has 1 aromatic heterocycles. The molecule has 0 amide bonds. The number of hydrogen-bond acceptors (Lipinski definition) is 4. The van der Waals surface area contributed by atoms with E-state index < -0.39 is 0 Å². The predicted octanol–water partition coefficient (Wildman–Crippen LogP) is 2.77. The third-order valence-corrected chi connectivity index (χ3v) is 4.18. The molecule has 2 heterocycles. The summed E-state index contributed by atoms with van der Waals surface area (Å²) in [7, 11) is 0. The molecule has 104 valence electrons. The van der Waals surface area contributed by atoms with Crippen molar-refractivity contribution in [3.05, 3.63) is 59.8 Å². The van der Waals surface area contributed by atoms with Gasteiger partial charge < -0.3 is 10.6 Å². The van der Waals surface area contributed by atoms with Crippen LogP contribution in [-0.2, 0) is 13.0 Å². The summed E-state index contributed by atoms with van der Waals surface area (Å²) < 4.78 is 0. The van der Waals surface area contributed by atoms with Gasteiger partial charge in [-0.3, -0.25) is 0 Å². The zero-order valence-electron chi connectivity index (χ0n) is 11.7. The van der Waals surface area contributed by atoms with Crippen LogP contribution in [0.15, 0.2) is 48.7 Å². The summed E-state index contributed by atoms with van der Waals surface area (Å²) in [6, 6.07) is 14.3. The molecule has 0 bridgehead atoms. The summed E-state index contributed by atoms with van der Waals surface area (Å²) in [6.45, 7) is 1.81. The van der Waals surface area contributed by atoms with Crippen LogP contribution in [-0.4, -0.2) is 16.7 Å². The Morgan fingerprint density at radius 2 is 1.95 bits per heavy atom. The van der Waals surface area contributed by atoms with Crippen molar-refractivity contribution in [2.24, 2.45) is 0 Å². The highest BCUT2D eigenvalue weighted by atomic mass is 15.2. The Morgan fingerprint density at radius 1 is 1.05 bits per heavy atom. The summed E-state index contributed by atoms with van der Waals surface area (Å²) in [5.74, 6) is 0. The third-order valence-electron chi connectivity index (χ3n) is 4.18. The fourth-order valence-electron chi connectivity index (χ4n) is 3.06. The van der Waals surface area contributed by atoms with Gasteiger partial charge in [0.1, 0.15) is 0 Å². The lowest BCUT2D eigenvalue weighted by atomic mass is 9.97. The molecule has 4 rings (SSSR count). The van der Waals surface area contributed by atoms with E-state index in [1.54, 1.807) is 0 Å². The van der Waals surface area contributed by atoms with Crippen LogP contribution in [0.2, 0.25) is 0 Å². The average molecular weight is 276 g/mol. The molecule has 2 N–H and O–H groups in total. The van der Waals surface area contributed by atoms with Gasteiger partial charge in [0.15, 0.2) is 0 Å². The lowest BCUT2D eigenvalue weighted by molar-refractivity contribution is 0.733. The van der Waals surface area contributed by atoms with Crippen LogP contribution in [0.3, 0.4) is 0 Å². The summed E-state index contributed by atoms with van der Waals surface area (Å²) in [5, 5.41) is 9.48. The molecule has 0 radical (unpaired) electrons. The van der Waals surface area contributed by atoms with Crippen LogP contribution in [0.4, 0.5) is 11.4 Å². The minimum Gasteiger partial charge on any atom is -0.398 e. The van der Waals surface area contributed by atoms with Gasteiger partial charge in [-0.05, 0) is 29.7 Å². The van der Waals surface area contributed by atoms with Crippen LogP contribution in [0.25, 0.3) is 10.9 Å². The van der Waals surface area contributed by atoms with E-state index in [1.165, 1.54) is 11.1 Å². The third kappa shape index (κ3) is 2.00. The number of nitrogen functional groups attached to an aromatic ring is 1. The predicted molar refractivity (Wildman–Crippen MR) is 85.1 cm³/mol. The van der Waals surface area contributed by atoms with Crippen molar-refractivity contribution >= 4 is 22.3 Å². The van der Waals surface area contributed by atoms with E-state index in [0.717, 1.165) is 41.8 Å². The van der Waals surface area contributed by atoms with E-state index in [0.29, 0.717) is 0 Å². The molecule has 2 aromatic carbocycles. The second-order valence-electron chi connectivity index (χ2n) is 5.40. The van der Waals surface area contributed by atoms with E-state index >= 15 is 0 Å². The van der Waals surface area contributed by atoms with Crippen molar-refractivity contribution in [2.75, 3.05) is 17.2 Å². The number of hydrogen-bond donors (Lipinski definition) is 1. The number of benzene rings is 2. The molecule has 0 atom stereocenters. The quantitative estimate of drug-likeness (QED) is 0.694. The molecular formula is C17H16N4. The van der Waals surface area contributed by atoms with E-state index in [4.69, 9.17) is 5.73 Å². The van der Waals surface area contributed by atoms with Gasteiger partial charge in [-0.2, -0.15) is 10.2 Å². The number of nitrogens with zero attached hydrogens (tertiary/aromatic N) is 3. The highest BCUT2D eigenvalue weighted by Crippen LogP contribution is 2.31. The Labute approximate surface area is 123 Å². The topological polar surface area (TPSA) is 55.0 Å². The van der Waals surface area contributed by atoms with Crippen molar-refractivity contribution in [2.45, 2.75) is 13.0 Å². The van der Waals surface area contributed by atoms with Crippen LogP contribution >= 0.6 is 0 Å². The highest BCUT2D eigenvalue weighted by Gasteiger charge is 2.20. The SMILES string of the molecule is Nc1cccc2c1CN(c1cnnc3ccccc13)CC2. The zero-order valence-corrected chi connectivity index (χ0v) is 11.7. The molecule has 0 unspecified atom stereocenters. The molecule has 1 aliphatic heterocycles. The minimum absolute atomic E-state index is 0.831. The van der Waals surface area contributed by atoms with Gasteiger partial charge in [0, 0.05) is 24.2 Å². The Kier molecular flexibility index (Phi) is 2.74. The van der Waals surface area contributed by atoms with Crippen molar-refractivity contribution in [3.63, 3.8) is 0 Å². The van der Waals surface area contributed by atoms with Gasteiger partial charge in [0.25, 0.3) is 0 Å². The van der Waals surface area contributed by atoms with Crippen molar-refractivity contribution in [3.8, 4) is 0 Å². The Balaban J connectivity index is 1.79. The maximum atomic E-state index is 6.14. The maximum absolute atomic E-state index is 6.14. The molecule has 0 saturated carbocycles. The molecule has 21 heavy (non-hydrogen) atoms.